The Labute approximate surface area is 514 Å². The van der Waals surface area contributed by atoms with Crippen LogP contribution in [0.3, 0.4) is 0 Å². The van der Waals surface area contributed by atoms with Crippen molar-refractivity contribution in [2.75, 3.05) is 13.2 Å². The van der Waals surface area contributed by atoms with E-state index in [1.807, 2.05) is 0 Å². The van der Waals surface area contributed by atoms with Crippen molar-refractivity contribution < 1.29 is 28.6 Å². The van der Waals surface area contributed by atoms with Gasteiger partial charge in [0.1, 0.15) is 13.2 Å². The second-order valence-corrected chi connectivity index (χ2v) is 23.4. The number of allylic oxidation sites excluding steroid dienone is 18. The molecule has 6 nitrogen and oxygen atoms in total. The van der Waals surface area contributed by atoms with E-state index in [4.69, 9.17) is 14.2 Å². The highest BCUT2D eigenvalue weighted by atomic mass is 16.6. The molecule has 0 aromatic heterocycles. The van der Waals surface area contributed by atoms with Crippen LogP contribution in [-0.4, -0.2) is 37.2 Å². The fourth-order valence-corrected chi connectivity index (χ4v) is 9.99. The molecule has 1 unspecified atom stereocenters. The lowest BCUT2D eigenvalue weighted by molar-refractivity contribution is -0.167. The molecule has 83 heavy (non-hydrogen) atoms. The first-order valence-electron chi connectivity index (χ1n) is 35.4. The first-order valence-corrected chi connectivity index (χ1v) is 35.4. The van der Waals surface area contributed by atoms with Crippen molar-refractivity contribution in [3.05, 3.63) is 109 Å². The predicted molar refractivity (Wildman–Crippen MR) is 362 cm³/mol. The molecule has 0 saturated carbocycles. The average Bonchev–Trinajstić information content (AvgIpc) is 3.49. The van der Waals surface area contributed by atoms with E-state index < -0.39 is 6.10 Å². The lowest BCUT2D eigenvalue weighted by Gasteiger charge is -2.18. The summed E-state index contributed by atoms with van der Waals surface area (Å²) in [6.07, 6.45) is 96.9. The van der Waals surface area contributed by atoms with Crippen molar-refractivity contribution in [1.29, 1.82) is 0 Å². The third kappa shape index (κ3) is 68.7. The Kier molecular flexibility index (Phi) is 67.2. The molecular weight excluding hydrogens is 1020 g/mol. The number of hydrogen-bond acceptors (Lipinski definition) is 6. The molecule has 0 rings (SSSR count). The first-order chi connectivity index (χ1) is 41.0. The van der Waals surface area contributed by atoms with Gasteiger partial charge in [-0.25, -0.2) is 0 Å². The molecule has 0 amide bonds. The van der Waals surface area contributed by atoms with Crippen LogP contribution in [0.25, 0.3) is 0 Å². The van der Waals surface area contributed by atoms with E-state index >= 15 is 0 Å². The van der Waals surface area contributed by atoms with Gasteiger partial charge in [0.05, 0.1) is 0 Å². The number of hydrogen-bond donors (Lipinski definition) is 0. The smallest absolute Gasteiger partial charge is 0.306 e. The van der Waals surface area contributed by atoms with Crippen molar-refractivity contribution in [1.82, 2.24) is 0 Å². The average molecular weight is 1150 g/mol. The summed E-state index contributed by atoms with van der Waals surface area (Å²) in [4.78, 5) is 38.3. The summed E-state index contributed by atoms with van der Waals surface area (Å²) in [7, 11) is 0. The molecular formula is C77H132O6. The van der Waals surface area contributed by atoms with E-state index in [1.54, 1.807) is 0 Å². The monoisotopic (exact) mass is 1150 g/mol. The first kappa shape index (κ1) is 79.1. The van der Waals surface area contributed by atoms with Crippen LogP contribution in [0, 0.1) is 0 Å². The molecule has 1 atom stereocenters. The lowest BCUT2D eigenvalue weighted by Crippen LogP contribution is -2.30. The van der Waals surface area contributed by atoms with Gasteiger partial charge in [0.2, 0.25) is 0 Å². The Morgan fingerprint density at radius 3 is 0.735 bits per heavy atom. The summed E-state index contributed by atoms with van der Waals surface area (Å²) >= 11 is 0. The fourth-order valence-electron chi connectivity index (χ4n) is 9.99. The van der Waals surface area contributed by atoms with Crippen LogP contribution in [0.2, 0.25) is 0 Å². The third-order valence-electron chi connectivity index (χ3n) is 15.3. The number of carbonyl (C=O) groups is 3. The largest absolute Gasteiger partial charge is 0.462 e. The molecule has 0 aliphatic rings. The highest BCUT2D eigenvalue weighted by Crippen LogP contribution is 2.17. The van der Waals surface area contributed by atoms with Crippen LogP contribution in [-0.2, 0) is 28.6 Å². The van der Waals surface area contributed by atoms with E-state index in [0.717, 1.165) is 116 Å². The standard InChI is InChI=1S/C77H132O6/c1-4-7-10-13-16-19-21-23-25-27-29-31-33-35-36-37-38-39-40-42-43-45-47-49-51-53-55-58-61-64-67-70-76(79)82-73-74(72-81-75(78)69-66-63-60-57-18-15-12-9-6-3)83-77(80)71-68-65-62-59-56-54-52-50-48-46-44-41-34-32-30-28-26-24-22-20-17-14-11-8-5-2/h7,10,16,19,22-25,28-31,35-36,38-39,42-43,74H,4-6,8-9,11-15,17-18,20-21,26-27,32-34,37,40-41,44-73H2,1-3H3/b10-7-,19-16-,24-22-,25-23-,30-28-,31-29-,36-35-,39-38-,43-42-. The van der Waals surface area contributed by atoms with Crippen molar-refractivity contribution in [2.45, 2.75) is 348 Å². The second kappa shape index (κ2) is 70.6. The Morgan fingerprint density at radius 1 is 0.253 bits per heavy atom. The molecule has 0 N–H and O–H groups in total. The van der Waals surface area contributed by atoms with Gasteiger partial charge in [0.25, 0.3) is 0 Å². The molecule has 0 aromatic carbocycles. The van der Waals surface area contributed by atoms with Crippen LogP contribution in [0.5, 0.6) is 0 Å². The topological polar surface area (TPSA) is 78.9 Å². The third-order valence-corrected chi connectivity index (χ3v) is 15.3. The Morgan fingerprint density at radius 2 is 0.470 bits per heavy atom. The van der Waals surface area contributed by atoms with E-state index in [9.17, 15) is 14.4 Å². The zero-order valence-electron chi connectivity index (χ0n) is 54.7. The highest BCUT2D eigenvalue weighted by molar-refractivity contribution is 5.71. The number of ether oxygens (including phenoxy) is 3. The Hall–Kier alpha value is -3.93. The fraction of sp³-hybridized carbons (Fsp3) is 0.727. The normalized spacial score (nSPS) is 12.8. The molecule has 0 aromatic rings. The minimum atomic E-state index is -0.780. The number of rotatable bonds is 64. The SMILES string of the molecule is CC/C=C\C/C=C\C/C=C\C/C=C\C/C=C\C/C=C\C/C=C\CCCCCCCCCCCC(=O)OCC(COC(=O)CCCCCCCCCCC)OC(=O)CCCCCCCCCCCCCCC/C=C\C/C=C\CCCCCCC. The molecule has 0 spiro atoms. The van der Waals surface area contributed by atoms with Crippen LogP contribution in [0.1, 0.15) is 342 Å². The molecule has 0 aliphatic heterocycles. The van der Waals surface area contributed by atoms with Gasteiger partial charge < -0.3 is 14.2 Å². The van der Waals surface area contributed by atoms with Crippen LogP contribution in [0.4, 0.5) is 0 Å². The molecule has 0 fully saturated rings. The summed E-state index contributed by atoms with van der Waals surface area (Å²) in [5, 5.41) is 0. The maximum absolute atomic E-state index is 12.9. The summed E-state index contributed by atoms with van der Waals surface area (Å²) in [6.45, 7) is 6.52. The minimum absolute atomic E-state index is 0.0771. The lowest BCUT2D eigenvalue weighted by atomic mass is 10.0. The highest BCUT2D eigenvalue weighted by Gasteiger charge is 2.19. The van der Waals surface area contributed by atoms with E-state index in [2.05, 4.69) is 130 Å². The molecule has 0 radical (unpaired) electrons. The van der Waals surface area contributed by atoms with E-state index in [0.29, 0.717) is 19.3 Å². The van der Waals surface area contributed by atoms with Crippen LogP contribution >= 0.6 is 0 Å². The summed E-state index contributed by atoms with van der Waals surface area (Å²) in [6, 6.07) is 0. The van der Waals surface area contributed by atoms with Crippen LogP contribution < -0.4 is 0 Å². The van der Waals surface area contributed by atoms with Crippen molar-refractivity contribution in [3.8, 4) is 0 Å². The second-order valence-electron chi connectivity index (χ2n) is 23.4. The van der Waals surface area contributed by atoms with Gasteiger partial charge in [-0.05, 0) is 109 Å². The summed E-state index contributed by atoms with van der Waals surface area (Å²) in [5.74, 6) is -0.874. The Balaban J connectivity index is 4.18. The van der Waals surface area contributed by atoms with Gasteiger partial charge in [0, 0.05) is 19.3 Å². The zero-order valence-corrected chi connectivity index (χ0v) is 54.7. The van der Waals surface area contributed by atoms with Gasteiger partial charge in [0.15, 0.2) is 6.10 Å². The summed E-state index contributed by atoms with van der Waals surface area (Å²) < 4.78 is 16.9. The molecule has 0 bridgehead atoms. The van der Waals surface area contributed by atoms with Gasteiger partial charge in [-0.3, -0.25) is 14.4 Å². The van der Waals surface area contributed by atoms with Crippen molar-refractivity contribution >= 4 is 17.9 Å². The molecule has 476 valence electrons. The van der Waals surface area contributed by atoms with Gasteiger partial charge in [-0.15, -0.1) is 0 Å². The van der Waals surface area contributed by atoms with Crippen LogP contribution in [0.15, 0.2) is 109 Å². The molecule has 0 saturated heterocycles. The van der Waals surface area contributed by atoms with E-state index in [1.165, 1.54) is 186 Å². The van der Waals surface area contributed by atoms with E-state index in [-0.39, 0.29) is 31.1 Å². The van der Waals surface area contributed by atoms with Crippen molar-refractivity contribution in [3.63, 3.8) is 0 Å². The van der Waals surface area contributed by atoms with Crippen molar-refractivity contribution in [2.24, 2.45) is 0 Å². The molecule has 0 heterocycles. The summed E-state index contributed by atoms with van der Waals surface area (Å²) in [5.41, 5.74) is 0. The Bertz CT molecular complexity index is 1660. The van der Waals surface area contributed by atoms with Gasteiger partial charge in [-0.2, -0.15) is 0 Å². The van der Waals surface area contributed by atoms with Gasteiger partial charge in [-0.1, -0.05) is 323 Å². The predicted octanol–water partition coefficient (Wildman–Crippen LogP) is 24.6. The molecule has 6 heteroatoms. The maximum Gasteiger partial charge on any atom is 0.306 e. The zero-order chi connectivity index (χ0) is 59.9. The number of unbranched alkanes of at least 4 members (excludes halogenated alkanes) is 35. The quantitative estimate of drug-likeness (QED) is 0.0261. The molecule has 0 aliphatic carbocycles. The minimum Gasteiger partial charge on any atom is -0.462 e. The number of esters is 3. The van der Waals surface area contributed by atoms with Gasteiger partial charge >= 0.3 is 17.9 Å². The number of carbonyl (C=O) groups excluding carboxylic acids is 3. The maximum atomic E-state index is 12.9.